The van der Waals surface area contributed by atoms with E-state index in [-0.39, 0.29) is 6.10 Å². The Kier molecular flexibility index (Phi) is 5.45. The number of para-hydroxylation sites is 1. The van der Waals surface area contributed by atoms with Gasteiger partial charge in [0.1, 0.15) is 11.9 Å². The van der Waals surface area contributed by atoms with E-state index in [2.05, 4.69) is 9.88 Å². The molecule has 1 aromatic heterocycles. The molecule has 1 fully saturated rings. The van der Waals surface area contributed by atoms with Crippen molar-refractivity contribution < 1.29 is 14.2 Å². The maximum Gasteiger partial charge on any atom is 0.212 e. The van der Waals surface area contributed by atoms with Gasteiger partial charge in [-0.25, -0.2) is 4.98 Å². The van der Waals surface area contributed by atoms with Crippen molar-refractivity contribution >= 4 is 0 Å². The van der Waals surface area contributed by atoms with Crippen LogP contribution in [-0.4, -0.2) is 49.4 Å². The molecule has 5 nitrogen and oxygen atoms in total. The maximum atomic E-state index is 6.04. The van der Waals surface area contributed by atoms with Crippen molar-refractivity contribution in [1.82, 2.24) is 9.88 Å². The van der Waals surface area contributed by atoms with Gasteiger partial charge < -0.3 is 14.2 Å². The second-order valence-corrected chi connectivity index (χ2v) is 5.57. The zero-order chi connectivity index (χ0) is 15.9. The molecule has 1 aliphatic heterocycles. The molecule has 0 aliphatic carbocycles. The van der Waals surface area contributed by atoms with E-state index >= 15 is 0 Å². The summed E-state index contributed by atoms with van der Waals surface area (Å²) < 4.78 is 16.8. The zero-order valence-corrected chi connectivity index (χ0v) is 13.4. The summed E-state index contributed by atoms with van der Waals surface area (Å²) in [4.78, 5) is 6.60. The van der Waals surface area contributed by atoms with Gasteiger partial charge in [0.15, 0.2) is 0 Å². The van der Waals surface area contributed by atoms with Crippen LogP contribution in [0.2, 0.25) is 0 Å². The average molecular weight is 314 g/mol. The lowest BCUT2D eigenvalue weighted by Crippen LogP contribution is -2.35. The van der Waals surface area contributed by atoms with Crippen molar-refractivity contribution in [3.8, 4) is 11.6 Å². The molecule has 3 rings (SSSR count). The van der Waals surface area contributed by atoms with Crippen LogP contribution in [0.25, 0.3) is 0 Å². The molecule has 0 unspecified atom stereocenters. The van der Waals surface area contributed by atoms with E-state index in [1.165, 1.54) is 0 Å². The molecular weight excluding hydrogens is 292 g/mol. The van der Waals surface area contributed by atoms with E-state index in [1.54, 1.807) is 7.11 Å². The molecule has 1 saturated heterocycles. The van der Waals surface area contributed by atoms with Crippen LogP contribution >= 0.6 is 0 Å². The second kappa shape index (κ2) is 7.94. The van der Waals surface area contributed by atoms with E-state index < -0.39 is 0 Å². The smallest absolute Gasteiger partial charge is 0.212 e. The number of methoxy groups -OCH3 is 1. The van der Waals surface area contributed by atoms with Crippen LogP contribution in [0.1, 0.15) is 5.56 Å². The Morgan fingerprint density at radius 2 is 2.09 bits per heavy atom. The summed E-state index contributed by atoms with van der Waals surface area (Å²) in [5.41, 5.74) is 1.16. The highest BCUT2D eigenvalue weighted by atomic mass is 16.5. The van der Waals surface area contributed by atoms with Gasteiger partial charge in [-0.15, -0.1) is 0 Å². The molecule has 122 valence electrons. The first-order chi connectivity index (χ1) is 11.3. The number of rotatable bonds is 5. The number of pyridine rings is 1. The molecule has 1 atom stereocenters. The van der Waals surface area contributed by atoms with E-state index in [0.29, 0.717) is 12.5 Å². The number of ether oxygens (including phenoxy) is 3. The SMILES string of the molecule is COc1ccc(CN2CCOC[C@H](Oc3ccccc3)C2)cn1. The molecule has 1 aromatic carbocycles. The topological polar surface area (TPSA) is 43.8 Å². The molecule has 2 aromatic rings. The van der Waals surface area contributed by atoms with Gasteiger partial charge in [0.2, 0.25) is 5.88 Å². The van der Waals surface area contributed by atoms with Gasteiger partial charge in [-0.05, 0) is 17.7 Å². The number of hydrogen-bond acceptors (Lipinski definition) is 5. The fraction of sp³-hybridized carbons (Fsp3) is 0.389. The summed E-state index contributed by atoms with van der Waals surface area (Å²) in [6.07, 6.45) is 1.89. The summed E-state index contributed by atoms with van der Waals surface area (Å²) in [5.74, 6) is 1.52. The third-order valence-electron chi connectivity index (χ3n) is 3.78. The number of benzene rings is 1. The Morgan fingerprint density at radius 3 is 2.83 bits per heavy atom. The molecule has 2 heterocycles. The van der Waals surface area contributed by atoms with Gasteiger partial charge >= 0.3 is 0 Å². The summed E-state index contributed by atoms with van der Waals surface area (Å²) in [7, 11) is 1.62. The minimum atomic E-state index is 0.0334. The molecule has 0 saturated carbocycles. The molecule has 23 heavy (non-hydrogen) atoms. The third-order valence-corrected chi connectivity index (χ3v) is 3.78. The minimum absolute atomic E-state index is 0.0334. The van der Waals surface area contributed by atoms with Crippen molar-refractivity contribution in [1.29, 1.82) is 0 Å². The summed E-state index contributed by atoms with van der Waals surface area (Å²) in [6.45, 7) is 3.89. The summed E-state index contributed by atoms with van der Waals surface area (Å²) in [5, 5.41) is 0. The second-order valence-electron chi connectivity index (χ2n) is 5.57. The monoisotopic (exact) mass is 314 g/mol. The summed E-state index contributed by atoms with van der Waals surface area (Å²) in [6, 6.07) is 13.8. The highest BCUT2D eigenvalue weighted by Crippen LogP contribution is 2.15. The highest BCUT2D eigenvalue weighted by Gasteiger charge is 2.20. The van der Waals surface area contributed by atoms with Gasteiger partial charge in [0, 0.05) is 31.9 Å². The first-order valence-corrected chi connectivity index (χ1v) is 7.84. The molecule has 0 amide bonds. The maximum absolute atomic E-state index is 6.04. The Hall–Kier alpha value is -2.11. The first kappa shape index (κ1) is 15.8. The lowest BCUT2D eigenvalue weighted by atomic mass is 10.2. The van der Waals surface area contributed by atoms with Crippen LogP contribution < -0.4 is 9.47 Å². The van der Waals surface area contributed by atoms with E-state index in [4.69, 9.17) is 14.2 Å². The minimum Gasteiger partial charge on any atom is -0.487 e. The molecular formula is C18H22N2O3. The number of hydrogen-bond donors (Lipinski definition) is 0. The first-order valence-electron chi connectivity index (χ1n) is 7.84. The Labute approximate surface area is 136 Å². The fourth-order valence-corrected chi connectivity index (χ4v) is 2.63. The standard InChI is InChI=1S/C18H22N2O3/c1-21-18-8-7-15(11-19-18)12-20-9-10-22-14-17(13-20)23-16-5-3-2-4-6-16/h2-8,11,17H,9-10,12-14H2,1H3/t17-/m1/s1. The Morgan fingerprint density at radius 1 is 1.22 bits per heavy atom. The predicted octanol–water partition coefficient (Wildman–Crippen LogP) is 2.37. The number of nitrogens with zero attached hydrogens (tertiary/aromatic N) is 2. The van der Waals surface area contributed by atoms with Crippen LogP contribution in [-0.2, 0) is 11.3 Å². The zero-order valence-electron chi connectivity index (χ0n) is 13.4. The quantitative estimate of drug-likeness (QED) is 0.848. The Bertz CT molecular complexity index is 589. The van der Waals surface area contributed by atoms with Crippen molar-refractivity contribution in [2.24, 2.45) is 0 Å². The van der Waals surface area contributed by atoms with Gasteiger partial charge in [-0.3, -0.25) is 4.90 Å². The predicted molar refractivity (Wildman–Crippen MR) is 87.7 cm³/mol. The Balaban J connectivity index is 1.60. The molecule has 0 N–H and O–H groups in total. The van der Waals surface area contributed by atoms with Crippen LogP contribution in [0.4, 0.5) is 0 Å². The normalized spacial score (nSPS) is 19.1. The fourth-order valence-electron chi connectivity index (χ4n) is 2.63. The lowest BCUT2D eigenvalue weighted by molar-refractivity contribution is 0.0710. The molecule has 5 heteroatoms. The van der Waals surface area contributed by atoms with Crippen LogP contribution in [0.3, 0.4) is 0 Å². The van der Waals surface area contributed by atoms with Crippen LogP contribution in [0.5, 0.6) is 11.6 Å². The number of aromatic nitrogens is 1. The van der Waals surface area contributed by atoms with Crippen LogP contribution in [0.15, 0.2) is 48.7 Å². The van der Waals surface area contributed by atoms with Gasteiger partial charge in [-0.1, -0.05) is 24.3 Å². The van der Waals surface area contributed by atoms with Crippen molar-refractivity contribution in [3.05, 3.63) is 54.2 Å². The van der Waals surface area contributed by atoms with Gasteiger partial charge in [0.05, 0.1) is 20.3 Å². The molecule has 0 spiro atoms. The van der Waals surface area contributed by atoms with Crippen LogP contribution in [0, 0.1) is 0 Å². The summed E-state index contributed by atoms with van der Waals surface area (Å²) >= 11 is 0. The van der Waals surface area contributed by atoms with E-state index in [0.717, 1.165) is 37.6 Å². The molecule has 0 bridgehead atoms. The van der Waals surface area contributed by atoms with Gasteiger partial charge in [0.25, 0.3) is 0 Å². The molecule has 1 aliphatic rings. The van der Waals surface area contributed by atoms with Crippen molar-refractivity contribution in [3.63, 3.8) is 0 Å². The van der Waals surface area contributed by atoms with E-state index in [1.807, 2.05) is 48.7 Å². The largest absolute Gasteiger partial charge is 0.487 e. The average Bonchev–Trinajstić information content (AvgIpc) is 2.81. The molecule has 0 radical (unpaired) electrons. The van der Waals surface area contributed by atoms with Crippen molar-refractivity contribution in [2.75, 3.05) is 33.4 Å². The highest BCUT2D eigenvalue weighted by molar-refractivity contribution is 5.21. The van der Waals surface area contributed by atoms with Crippen molar-refractivity contribution in [2.45, 2.75) is 12.6 Å². The van der Waals surface area contributed by atoms with E-state index in [9.17, 15) is 0 Å². The van der Waals surface area contributed by atoms with Gasteiger partial charge in [-0.2, -0.15) is 0 Å². The lowest BCUT2D eigenvalue weighted by Gasteiger charge is -2.24. The third kappa shape index (κ3) is 4.68.